The summed E-state index contributed by atoms with van der Waals surface area (Å²) in [6, 6.07) is 10.4. The smallest absolute Gasteiger partial charge is 0.252 e. The Balaban J connectivity index is 1.61. The van der Waals surface area contributed by atoms with Crippen LogP contribution >= 0.6 is 11.3 Å². The van der Waals surface area contributed by atoms with E-state index in [1.165, 1.54) is 11.3 Å². The zero-order valence-electron chi connectivity index (χ0n) is 14.5. The molecule has 4 rings (SSSR count). The lowest BCUT2D eigenvalue weighted by Gasteiger charge is -2.42. The molecule has 3 aromatic rings. The van der Waals surface area contributed by atoms with Crippen LogP contribution in [0.2, 0.25) is 0 Å². The summed E-state index contributed by atoms with van der Waals surface area (Å²) in [5, 5.41) is 11.3. The maximum Gasteiger partial charge on any atom is 0.252 e. The van der Waals surface area contributed by atoms with Gasteiger partial charge < -0.3 is 14.6 Å². The van der Waals surface area contributed by atoms with Crippen LogP contribution in [-0.2, 0) is 16.6 Å². The highest BCUT2D eigenvalue weighted by molar-refractivity contribution is 7.91. The van der Waals surface area contributed by atoms with Gasteiger partial charge in [0.2, 0.25) is 0 Å². The fraction of sp³-hybridized carbons (Fsp3) is 0.278. The molecular weight excluding hydrogens is 384 g/mol. The summed E-state index contributed by atoms with van der Waals surface area (Å²) in [7, 11) is -3.48. The van der Waals surface area contributed by atoms with Crippen molar-refractivity contribution in [1.82, 2.24) is 13.9 Å². The second-order valence-corrected chi connectivity index (χ2v) is 9.53. The average molecular weight is 405 g/mol. The van der Waals surface area contributed by atoms with E-state index in [1.54, 1.807) is 46.5 Å². The number of benzene rings is 1. The molecule has 0 radical (unpaired) electrons. The van der Waals surface area contributed by atoms with Crippen molar-refractivity contribution in [2.45, 2.75) is 16.8 Å². The molecule has 0 saturated carbocycles. The molecule has 0 spiro atoms. The number of nitrogens with zero attached hydrogens (tertiary/aromatic N) is 4. The van der Waals surface area contributed by atoms with E-state index >= 15 is 0 Å². The summed E-state index contributed by atoms with van der Waals surface area (Å²) in [4.78, 5) is 6.28. The number of thiophene rings is 1. The molecule has 1 aliphatic heterocycles. The highest BCUT2D eigenvalue weighted by atomic mass is 32.2. The largest absolute Gasteiger partial charge is 0.508 e. The molecule has 0 bridgehead atoms. The molecule has 142 valence electrons. The predicted molar refractivity (Wildman–Crippen MR) is 105 cm³/mol. The number of hydrogen-bond donors (Lipinski definition) is 1. The minimum Gasteiger partial charge on any atom is -0.508 e. The second kappa shape index (κ2) is 7.34. The Labute approximate surface area is 162 Å². The number of piperazine rings is 1. The Morgan fingerprint density at radius 3 is 2.67 bits per heavy atom. The van der Waals surface area contributed by atoms with Crippen molar-refractivity contribution in [3.05, 3.63) is 60.5 Å². The summed E-state index contributed by atoms with van der Waals surface area (Å²) < 4.78 is 29.8. The van der Waals surface area contributed by atoms with E-state index in [9.17, 15) is 13.5 Å². The van der Waals surface area contributed by atoms with Gasteiger partial charge >= 0.3 is 0 Å². The van der Waals surface area contributed by atoms with Crippen LogP contribution in [0.5, 0.6) is 5.75 Å². The first kappa shape index (κ1) is 18.0. The Bertz CT molecular complexity index is 970. The summed E-state index contributed by atoms with van der Waals surface area (Å²) in [6.45, 7) is 2.01. The summed E-state index contributed by atoms with van der Waals surface area (Å²) in [5.41, 5.74) is 0.964. The van der Waals surface area contributed by atoms with Crippen LogP contribution in [0.15, 0.2) is 64.7 Å². The monoisotopic (exact) mass is 404 g/mol. The van der Waals surface area contributed by atoms with Gasteiger partial charge in [0, 0.05) is 44.3 Å². The molecule has 27 heavy (non-hydrogen) atoms. The van der Waals surface area contributed by atoms with Gasteiger partial charge in [-0.2, -0.15) is 4.31 Å². The Morgan fingerprint density at radius 2 is 2.00 bits per heavy atom. The van der Waals surface area contributed by atoms with E-state index in [-0.39, 0.29) is 11.8 Å². The molecule has 1 aliphatic rings. The third kappa shape index (κ3) is 3.71. The topological polar surface area (TPSA) is 78.7 Å². The first-order chi connectivity index (χ1) is 13.0. The second-order valence-electron chi connectivity index (χ2n) is 6.42. The molecule has 1 N–H and O–H groups in total. The lowest BCUT2D eigenvalue weighted by molar-refractivity contribution is 0.313. The minimum absolute atomic E-state index is 0.0489. The normalized spacial score (nSPS) is 18.7. The molecular formula is C18H20N4O3S2. The predicted octanol–water partition coefficient (Wildman–Crippen LogP) is 2.23. The van der Waals surface area contributed by atoms with Crippen LogP contribution in [0.4, 0.5) is 5.69 Å². The van der Waals surface area contributed by atoms with Crippen molar-refractivity contribution in [3.8, 4) is 5.75 Å². The average Bonchev–Trinajstić information content (AvgIpc) is 3.37. The van der Waals surface area contributed by atoms with E-state index in [0.717, 1.165) is 5.69 Å². The van der Waals surface area contributed by atoms with Crippen LogP contribution in [0, 0.1) is 0 Å². The third-order valence-electron chi connectivity index (χ3n) is 4.70. The number of phenols is 1. The molecule has 1 aromatic carbocycles. The van der Waals surface area contributed by atoms with Crippen LogP contribution in [0.1, 0.15) is 0 Å². The van der Waals surface area contributed by atoms with Gasteiger partial charge in [-0.05, 0) is 35.7 Å². The van der Waals surface area contributed by atoms with Crippen molar-refractivity contribution >= 4 is 27.0 Å². The summed E-state index contributed by atoms with van der Waals surface area (Å²) >= 11 is 1.24. The lowest BCUT2D eigenvalue weighted by Crippen LogP contribution is -2.56. The van der Waals surface area contributed by atoms with Crippen molar-refractivity contribution in [2.75, 3.05) is 24.5 Å². The standard InChI is InChI=1S/C18H20N4O3S2/c23-17-5-3-15(4-6-17)22-10-9-21(27(24,25)18-2-1-11-26-18)13-16(22)12-20-8-7-19-14-20/h1-8,11,14,16,23H,9-10,12-13H2/t16-/m0/s1. The molecule has 3 heterocycles. The van der Waals surface area contributed by atoms with Gasteiger partial charge in [-0.3, -0.25) is 0 Å². The van der Waals surface area contributed by atoms with Gasteiger partial charge in [0.25, 0.3) is 10.0 Å². The Hall–Kier alpha value is -2.36. The highest BCUT2D eigenvalue weighted by Crippen LogP contribution is 2.28. The summed E-state index contributed by atoms with van der Waals surface area (Å²) in [6.07, 6.45) is 5.33. The zero-order chi connectivity index (χ0) is 18.9. The number of sulfonamides is 1. The van der Waals surface area contributed by atoms with Crippen molar-refractivity contribution < 1.29 is 13.5 Å². The third-order valence-corrected chi connectivity index (χ3v) is 7.93. The van der Waals surface area contributed by atoms with Crippen LogP contribution in [0.3, 0.4) is 0 Å². The number of phenolic OH excluding ortho intramolecular Hbond substituents is 1. The maximum atomic E-state index is 12.9. The number of imidazole rings is 1. The Morgan fingerprint density at radius 1 is 1.19 bits per heavy atom. The van der Waals surface area contributed by atoms with Crippen molar-refractivity contribution in [3.63, 3.8) is 0 Å². The molecule has 7 nitrogen and oxygen atoms in total. The van der Waals surface area contributed by atoms with Crippen LogP contribution < -0.4 is 4.90 Å². The molecule has 1 atom stereocenters. The molecule has 9 heteroatoms. The van der Waals surface area contributed by atoms with Crippen molar-refractivity contribution in [1.29, 1.82) is 0 Å². The minimum atomic E-state index is -3.48. The first-order valence-corrected chi connectivity index (χ1v) is 10.9. The fourth-order valence-electron chi connectivity index (χ4n) is 3.36. The first-order valence-electron chi connectivity index (χ1n) is 8.59. The van der Waals surface area contributed by atoms with E-state index in [1.807, 2.05) is 22.9 Å². The van der Waals surface area contributed by atoms with E-state index in [4.69, 9.17) is 0 Å². The fourth-order valence-corrected chi connectivity index (χ4v) is 5.97. The van der Waals surface area contributed by atoms with Gasteiger partial charge in [0.15, 0.2) is 0 Å². The van der Waals surface area contributed by atoms with Crippen molar-refractivity contribution in [2.24, 2.45) is 0 Å². The number of aromatic nitrogens is 2. The van der Waals surface area contributed by atoms with E-state index in [0.29, 0.717) is 30.4 Å². The highest BCUT2D eigenvalue weighted by Gasteiger charge is 2.35. The van der Waals surface area contributed by atoms with Gasteiger partial charge in [-0.15, -0.1) is 11.3 Å². The number of aromatic hydroxyl groups is 1. The van der Waals surface area contributed by atoms with Gasteiger partial charge in [0.05, 0.1) is 12.4 Å². The number of anilines is 1. The van der Waals surface area contributed by atoms with E-state index in [2.05, 4.69) is 9.88 Å². The van der Waals surface area contributed by atoms with Gasteiger partial charge in [-0.1, -0.05) is 6.07 Å². The molecule has 1 fully saturated rings. The van der Waals surface area contributed by atoms with Gasteiger partial charge in [-0.25, -0.2) is 13.4 Å². The van der Waals surface area contributed by atoms with Crippen LogP contribution in [-0.4, -0.2) is 53.1 Å². The molecule has 2 aromatic heterocycles. The molecule has 0 aliphatic carbocycles. The zero-order valence-corrected chi connectivity index (χ0v) is 16.2. The van der Waals surface area contributed by atoms with Gasteiger partial charge in [0.1, 0.15) is 9.96 Å². The van der Waals surface area contributed by atoms with E-state index < -0.39 is 10.0 Å². The molecule has 0 amide bonds. The maximum absolute atomic E-state index is 12.9. The summed E-state index contributed by atoms with van der Waals surface area (Å²) in [5.74, 6) is 0.212. The quantitative estimate of drug-likeness (QED) is 0.706. The Kier molecular flexibility index (Phi) is 4.90. The lowest BCUT2D eigenvalue weighted by atomic mass is 10.1. The van der Waals surface area contributed by atoms with Crippen LogP contribution in [0.25, 0.3) is 0 Å². The number of hydrogen-bond acceptors (Lipinski definition) is 6. The SMILES string of the molecule is O=S(=O)(c1cccs1)N1CCN(c2ccc(O)cc2)[C@@H](Cn2ccnc2)C1. The molecule has 0 unspecified atom stereocenters. The number of rotatable bonds is 5. The molecule has 1 saturated heterocycles.